The molecule has 0 spiro atoms. The lowest BCUT2D eigenvalue weighted by atomic mass is 9.98. The molecule has 1 saturated carbocycles. The molecule has 3 rings (SSSR count). The maximum atomic E-state index is 6.37. The fourth-order valence-electron chi connectivity index (χ4n) is 2.42. The molecular formula is C9H14N4S. The van der Waals surface area contributed by atoms with Gasteiger partial charge >= 0.3 is 0 Å². The van der Waals surface area contributed by atoms with Crippen LogP contribution < -0.4 is 5.73 Å². The van der Waals surface area contributed by atoms with Gasteiger partial charge in [0.25, 0.3) is 0 Å². The van der Waals surface area contributed by atoms with E-state index in [2.05, 4.69) is 14.8 Å². The third kappa shape index (κ3) is 1.12. The van der Waals surface area contributed by atoms with Crippen molar-refractivity contribution in [3.05, 3.63) is 5.82 Å². The second kappa shape index (κ2) is 2.97. The summed E-state index contributed by atoms with van der Waals surface area (Å²) in [5, 5.41) is 9.49. The van der Waals surface area contributed by atoms with Gasteiger partial charge in [-0.15, -0.1) is 10.2 Å². The van der Waals surface area contributed by atoms with E-state index < -0.39 is 0 Å². The summed E-state index contributed by atoms with van der Waals surface area (Å²) in [6.07, 6.45) is 4.59. The van der Waals surface area contributed by atoms with Crippen molar-refractivity contribution in [2.75, 3.05) is 5.75 Å². The van der Waals surface area contributed by atoms with Gasteiger partial charge in [-0.1, -0.05) is 24.6 Å². The number of nitrogens with two attached hydrogens (primary N) is 1. The largest absolute Gasteiger partial charge is 0.319 e. The molecule has 0 unspecified atom stereocenters. The Labute approximate surface area is 87.3 Å². The molecule has 4 nitrogen and oxygen atoms in total. The molecule has 1 aliphatic carbocycles. The van der Waals surface area contributed by atoms with Crippen molar-refractivity contribution in [3.8, 4) is 0 Å². The Bertz CT molecular complexity index is 354. The number of fused-ring (bicyclic) bond motifs is 1. The minimum Gasteiger partial charge on any atom is -0.319 e. The smallest absolute Gasteiger partial charge is 0.191 e. The van der Waals surface area contributed by atoms with Crippen molar-refractivity contribution in [1.82, 2.24) is 14.8 Å². The molecule has 0 atom stereocenters. The highest BCUT2D eigenvalue weighted by Crippen LogP contribution is 2.37. The highest BCUT2D eigenvalue weighted by Gasteiger charge is 2.37. The predicted molar refractivity (Wildman–Crippen MR) is 55.1 cm³/mol. The van der Waals surface area contributed by atoms with E-state index >= 15 is 0 Å². The molecule has 2 heterocycles. The Morgan fingerprint density at radius 2 is 2.07 bits per heavy atom. The minimum atomic E-state index is -0.184. The monoisotopic (exact) mass is 210 g/mol. The molecule has 0 saturated heterocycles. The first kappa shape index (κ1) is 8.73. The van der Waals surface area contributed by atoms with Crippen molar-refractivity contribution in [3.63, 3.8) is 0 Å². The molecule has 2 N–H and O–H groups in total. The first-order chi connectivity index (χ1) is 6.80. The molecular weight excluding hydrogens is 196 g/mol. The van der Waals surface area contributed by atoms with E-state index in [-0.39, 0.29) is 5.54 Å². The summed E-state index contributed by atoms with van der Waals surface area (Å²) in [5.41, 5.74) is 6.18. The molecule has 5 heteroatoms. The average Bonchev–Trinajstić information content (AvgIpc) is 2.76. The van der Waals surface area contributed by atoms with Crippen molar-refractivity contribution in [2.45, 2.75) is 42.9 Å². The highest BCUT2D eigenvalue weighted by molar-refractivity contribution is 7.99. The van der Waals surface area contributed by atoms with E-state index in [0.29, 0.717) is 0 Å². The van der Waals surface area contributed by atoms with Crippen LogP contribution in [0, 0.1) is 0 Å². The van der Waals surface area contributed by atoms with Crippen LogP contribution in [0.2, 0.25) is 0 Å². The first-order valence-corrected chi connectivity index (χ1v) is 6.13. The summed E-state index contributed by atoms with van der Waals surface area (Å²) >= 11 is 1.78. The van der Waals surface area contributed by atoms with Gasteiger partial charge in [0.1, 0.15) is 0 Å². The van der Waals surface area contributed by atoms with Gasteiger partial charge in [-0.25, -0.2) is 0 Å². The summed E-state index contributed by atoms with van der Waals surface area (Å²) in [6, 6.07) is 0. The third-order valence-corrected chi connectivity index (χ3v) is 4.15. The lowest BCUT2D eigenvalue weighted by Gasteiger charge is -2.22. The number of hydrogen-bond donors (Lipinski definition) is 1. The fraction of sp³-hybridized carbons (Fsp3) is 0.778. The van der Waals surface area contributed by atoms with Gasteiger partial charge < -0.3 is 10.3 Å². The SMILES string of the molecule is NC1(c2nnc3n2CCS3)CCCC1. The van der Waals surface area contributed by atoms with Gasteiger partial charge in [0.2, 0.25) is 0 Å². The number of aromatic nitrogens is 3. The van der Waals surface area contributed by atoms with Crippen LogP contribution in [0.15, 0.2) is 5.16 Å². The number of nitrogens with zero attached hydrogens (tertiary/aromatic N) is 3. The molecule has 0 aromatic carbocycles. The molecule has 1 aliphatic heterocycles. The van der Waals surface area contributed by atoms with Gasteiger partial charge in [-0.05, 0) is 12.8 Å². The third-order valence-electron chi connectivity index (χ3n) is 3.20. The van der Waals surface area contributed by atoms with Crippen molar-refractivity contribution in [2.24, 2.45) is 5.73 Å². The zero-order chi connectivity index (χ0) is 9.60. The van der Waals surface area contributed by atoms with E-state index in [9.17, 15) is 0 Å². The van der Waals surface area contributed by atoms with Crippen LogP contribution >= 0.6 is 11.8 Å². The Morgan fingerprint density at radius 3 is 2.86 bits per heavy atom. The fourth-order valence-corrected chi connectivity index (χ4v) is 3.31. The Hall–Kier alpha value is -0.550. The summed E-state index contributed by atoms with van der Waals surface area (Å²) in [7, 11) is 0. The predicted octanol–water partition coefficient (Wildman–Crippen LogP) is 1.11. The molecule has 0 radical (unpaired) electrons. The quantitative estimate of drug-likeness (QED) is 0.754. The van der Waals surface area contributed by atoms with Crippen molar-refractivity contribution in [1.29, 1.82) is 0 Å². The molecule has 14 heavy (non-hydrogen) atoms. The van der Waals surface area contributed by atoms with Crippen LogP contribution in [-0.2, 0) is 12.1 Å². The Kier molecular flexibility index (Phi) is 1.85. The number of hydrogen-bond acceptors (Lipinski definition) is 4. The Balaban J connectivity index is 2.03. The summed E-state index contributed by atoms with van der Waals surface area (Å²) < 4.78 is 2.20. The van der Waals surface area contributed by atoms with Gasteiger partial charge in [-0.3, -0.25) is 0 Å². The minimum absolute atomic E-state index is 0.184. The summed E-state index contributed by atoms with van der Waals surface area (Å²) in [4.78, 5) is 0. The standard InChI is InChI=1S/C9H14N4S/c10-9(3-1-2-4-9)7-11-12-8-13(7)5-6-14-8/h1-6,10H2. The summed E-state index contributed by atoms with van der Waals surface area (Å²) in [6.45, 7) is 1.03. The van der Waals surface area contributed by atoms with Crippen molar-refractivity contribution >= 4 is 11.8 Å². The normalized spacial score (nSPS) is 24.1. The van der Waals surface area contributed by atoms with Gasteiger partial charge in [-0.2, -0.15) is 0 Å². The average molecular weight is 210 g/mol. The highest BCUT2D eigenvalue weighted by atomic mass is 32.2. The van der Waals surface area contributed by atoms with Crippen LogP contribution in [0.25, 0.3) is 0 Å². The number of thioether (sulfide) groups is 1. The number of rotatable bonds is 1. The molecule has 1 aromatic rings. The maximum Gasteiger partial charge on any atom is 0.191 e. The van der Waals surface area contributed by atoms with Crippen LogP contribution in [-0.4, -0.2) is 20.5 Å². The van der Waals surface area contributed by atoms with Gasteiger partial charge in [0.05, 0.1) is 5.54 Å². The zero-order valence-electron chi connectivity index (χ0n) is 8.07. The van der Waals surface area contributed by atoms with Crippen LogP contribution in [0.4, 0.5) is 0 Å². The van der Waals surface area contributed by atoms with Gasteiger partial charge in [0, 0.05) is 12.3 Å². The van der Waals surface area contributed by atoms with Crippen LogP contribution in [0.1, 0.15) is 31.5 Å². The van der Waals surface area contributed by atoms with E-state index in [1.807, 2.05) is 0 Å². The van der Waals surface area contributed by atoms with Gasteiger partial charge in [0.15, 0.2) is 11.0 Å². The molecule has 0 bridgehead atoms. The van der Waals surface area contributed by atoms with Crippen LogP contribution in [0.5, 0.6) is 0 Å². The second-order valence-electron chi connectivity index (χ2n) is 4.17. The van der Waals surface area contributed by atoms with E-state index in [4.69, 9.17) is 5.73 Å². The molecule has 76 valence electrons. The topological polar surface area (TPSA) is 56.7 Å². The second-order valence-corrected chi connectivity index (χ2v) is 5.23. The maximum absolute atomic E-state index is 6.37. The molecule has 1 fully saturated rings. The Morgan fingerprint density at radius 1 is 1.29 bits per heavy atom. The summed E-state index contributed by atoms with van der Waals surface area (Å²) in [5.74, 6) is 2.14. The molecule has 2 aliphatic rings. The van der Waals surface area contributed by atoms with Crippen LogP contribution in [0.3, 0.4) is 0 Å². The van der Waals surface area contributed by atoms with E-state index in [1.54, 1.807) is 11.8 Å². The zero-order valence-corrected chi connectivity index (χ0v) is 8.89. The van der Waals surface area contributed by atoms with Crippen molar-refractivity contribution < 1.29 is 0 Å². The van der Waals surface area contributed by atoms with E-state index in [1.165, 1.54) is 12.8 Å². The lowest BCUT2D eigenvalue weighted by Crippen LogP contribution is -2.36. The molecule has 1 aromatic heterocycles. The first-order valence-electron chi connectivity index (χ1n) is 5.15. The lowest BCUT2D eigenvalue weighted by molar-refractivity contribution is 0.407. The van der Waals surface area contributed by atoms with E-state index in [0.717, 1.165) is 36.1 Å². The molecule has 0 amide bonds.